The number of fused-ring (bicyclic) bond motifs is 1. The van der Waals surface area contributed by atoms with Gasteiger partial charge < -0.3 is 10.2 Å². The van der Waals surface area contributed by atoms with Crippen molar-refractivity contribution >= 4 is 46.1 Å². The predicted molar refractivity (Wildman–Crippen MR) is 98.3 cm³/mol. The average molecular weight is 351 g/mol. The van der Waals surface area contributed by atoms with E-state index in [1.54, 1.807) is 11.8 Å². The molecule has 7 heteroatoms. The van der Waals surface area contributed by atoms with Crippen LogP contribution in [0, 0.1) is 0 Å². The van der Waals surface area contributed by atoms with Gasteiger partial charge in [-0.05, 0) is 38.1 Å². The lowest BCUT2D eigenvalue weighted by Gasteiger charge is -2.19. The van der Waals surface area contributed by atoms with Crippen LogP contribution in [0.15, 0.2) is 18.2 Å². The van der Waals surface area contributed by atoms with Crippen LogP contribution in [-0.4, -0.2) is 50.7 Å². The number of likely N-dealkylation sites (tertiary alicyclic amines) is 1. The summed E-state index contributed by atoms with van der Waals surface area (Å²) in [7, 11) is 0. The lowest BCUT2D eigenvalue weighted by molar-refractivity contribution is -0.113. The van der Waals surface area contributed by atoms with E-state index in [1.165, 1.54) is 50.5 Å². The third kappa shape index (κ3) is 4.89. The van der Waals surface area contributed by atoms with Gasteiger partial charge in [-0.25, -0.2) is 0 Å². The van der Waals surface area contributed by atoms with Crippen molar-refractivity contribution < 1.29 is 4.79 Å². The van der Waals surface area contributed by atoms with Gasteiger partial charge in [-0.2, -0.15) is 20.5 Å². The zero-order valence-electron chi connectivity index (χ0n) is 13.2. The third-order valence-electron chi connectivity index (χ3n) is 4.04. The first-order valence-corrected chi connectivity index (χ1v) is 10.0. The second kappa shape index (κ2) is 8.61. The monoisotopic (exact) mass is 350 g/mol. The Hall–Kier alpha value is -1.18. The molecule has 1 N–H and O–H groups in total. The number of carbonyl (C=O) groups is 1. The number of hydrogen-bond donors (Lipinski definition) is 1. The molecule has 0 spiro atoms. The van der Waals surface area contributed by atoms with Crippen LogP contribution in [0.1, 0.15) is 25.7 Å². The van der Waals surface area contributed by atoms with Crippen molar-refractivity contribution in [2.75, 3.05) is 36.5 Å². The molecule has 0 bridgehead atoms. The summed E-state index contributed by atoms with van der Waals surface area (Å²) in [5.74, 6) is 1.53. The molecule has 1 aromatic carbocycles. The van der Waals surface area contributed by atoms with E-state index in [4.69, 9.17) is 0 Å². The highest BCUT2D eigenvalue weighted by atomic mass is 32.2. The molecule has 1 saturated heterocycles. The third-order valence-corrected chi connectivity index (χ3v) is 5.52. The topological polar surface area (TPSA) is 58.1 Å². The molecule has 0 unspecified atom stereocenters. The molecule has 3 rings (SSSR count). The summed E-state index contributed by atoms with van der Waals surface area (Å²) in [5.41, 5.74) is 2.37. The van der Waals surface area contributed by atoms with Gasteiger partial charge in [0.15, 0.2) is 0 Å². The molecule has 0 atom stereocenters. The van der Waals surface area contributed by atoms with Gasteiger partial charge in [0.05, 0.1) is 23.2 Å². The maximum atomic E-state index is 12.1. The van der Waals surface area contributed by atoms with Crippen molar-refractivity contribution in [1.29, 1.82) is 0 Å². The fraction of sp³-hybridized carbons (Fsp3) is 0.562. The SMILES string of the molecule is O=C(CSCCN1CCCCCC1)Nc1cccc2nsnc12. The summed E-state index contributed by atoms with van der Waals surface area (Å²) in [6.07, 6.45) is 5.36. The molecular formula is C16H22N4OS2. The summed E-state index contributed by atoms with van der Waals surface area (Å²) in [5, 5.41) is 2.95. The lowest BCUT2D eigenvalue weighted by Crippen LogP contribution is -2.27. The largest absolute Gasteiger partial charge is 0.323 e. The van der Waals surface area contributed by atoms with Crippen molar-refractivity contribution in [3.63, 3.8) is 0 Å². The number of thioether (sulfide) groups is 1. The molecule has 1 amide bonds. The van der Waals surface area contributed by atoms with Crippen molar-refractivity contribution in [2.24, 2.45) is 0 Å². The first-order valence-electron chi connectivity index (χ1n) is 8.14. The van der Waals surface area contributed by atoms with Crippen LogP contribution < -0.4 is 5.32 Å². The van der Waals surface area contributed by atoms with Gasteiger partial charge in [0.1, 0.15) is 11.0 Å². The molecule has 2 aromatic rings. The van der Waals surface area contributed by atoms with Gasteiger partial charge in [-0.1, -0.05) is 18.9 Å². The summed E-state index contributed by atoms with van der Waals surface area (Å²) in [6, 6.07) is 5.68. The summed E-state index contributed by atoms with van der Waals surface area (Å²) in [6.45, 7) is 3.51. The molecule has 1 fully saturated rings. The maximum absolute atomic E-state index is 12.1. The van der Waals surface area contributed by atoms with E-state index in [2.05, 4.69) is 19.0 Å². The molecular weight excluding hydrogens is 328 g/mol. The number of rotatable bonds is 6. The predicted octanol–water partition coefficient (Wildman–Crippen LogP) is 3.24. The molecule has 0 radical (unpaired) electrons. The molecule has 23 heavy (non-hydrogen) atoms. The number of nitrogens with zero attached hydrogens (tertiary/aromatic N) is 3. The number of amides is 1. The minimum Gasteiger partial charge on any atom is -0.323 e. The van der Waals surface area contributed by atoms with E-state index in [0.29, 0.717) is 5.75 Å². The minimum atomic E-state index is 0.0337. The van der Waals surface area contributed by atoms with Gasteiger partial charge >= 0.3 is 0 Å². The van der Waals surface area contributed by atoms with Gasteiger partial charge in [-0.15, -0.1) is 0 Å². The van der Waals surface area contributed by atoms with Crippen LogP contribution in [0.5, 0.6) is 0 Å². The number of carbonyl (C=O) groups excluding carboxylic acids is 1. The average Bonchev–Trinajstić information content (AvgIpc) is 2.89. The van der Waals surface area contributed by atoms with Gasteiger partial charge in [0.25, 0.3) is 0 Å². The molecule has 0 saturated carbocycles. The van der Waals surface area contributed by atoms with Crippen LogP contribution in [0.4, 0.5) is 5.69 Å². The minimum absolute atomic E-state index is 0.0337. The highest BCUT2D eigenvalue weighted by Crippen LogP contribution is 2.21. The molecule has 2 heterocycles. The van der Waals surface area contributed by atoms with E-state index in [0.717, 1.165) is 29.0 Å². The first kappa shape index (κ1) is 16.7. The van der Waals surface area contributed by atoms with Crippen LogP contribution in [0.25, 0.3) is 11.0 Å². The van der Waals surface area contributed by atoms with E-state index < -0.39 is 0 Å². The van der Waals surface area contributed by atoms with Crippen molar-refractivity contribution in [1.82, 2.24) is 13.6 Å². The quantitative estimate of drug-likeness (QED) is 0.811. The Morgan fingerprint density at radius 3 is 2.87 bits per heavy atom. The molecule has 1 aliphatic rings. The number of anilines is 1. The second-order valence-electron chi connectivity index (χ2n) is 5.79. The zero-order valence-corrected chi connectivity index (χ0v) is 14.8. The fourth-order valence-corrected chi connectivity index (χ4v) is 4.15. The van der Waals surface area contributed by atoms with E-state index >= 15 is 0 Å². The molecule has 124 valence electrons. The van der Waals surface area contributed by atoms with Crippen LogP contribution in [0.3, 0.4) is 0 Å². The second-order valence-corrected chi connectivity index (χ2v) is 7.43. The summed E-state index contributed by atoms with van der Waals surface area (Å²) >= 11 is 2.87. The Morgan fingerprint density at radius 2 is 2.04 bits per heavy atom. The van der Waals surface area contributed by atoms with Gasteiger partial charge in [-0.3, -0.25) is 4.79 Å². The first-order chi connectivity index (χ1) is 11.3. The van der Waals surface area contributed by atoms with E-state index in [9.17, 15) is 4.79 Å². The summed E-state index contributed by atoms with van der Waals surface area (Å²) in [4.78, 5) is 14.6. The Morgan fingerprint density at radius 1 is 1.22 bits per heavy atom. The van der Waals surface area contributed by atoms with Crippen molar-refractivity contribution in [2.45, 2.75) is 25.7 Å². The highest BCUT2D eigenvalue weighted by molar-refractivity contribution is 7.99. The number of nitrogens with one attached hydrogen (secondary N) is 1. The fourth-order valence-electron chi connectivity index (χ4n) is 2.81. The van der Waals surface area contributed by atoms with Crippen LogP contribution >= 0.6 is 23.5 Å². The summed E-state index contributed by atoms with van der Waals surface area (Å²) < 4.78 is 8.43. The van der Waals surface area contributed by atoms with Crippen molar-refractivity contribution in [3.8, 4) is 0 Å². The number of benzene rings is 1. The Kier molecular flexibility index (Phi) is 6.24. The van der Waals surface area contributed by atoms with Crippen LogP contribution in [0.2, 0.25) is 0 Å². The standard InChI is InChI=1S/C16H22N4OS2/c21-15(12-22-11-10-20-8-3-1-2-4-9-20)17-13-6-5-7-14-16(13)19-23-18-14/h5-7H,1-4,8-12H2,(H,17,21). The number of hydrogen-bond acceptors (Lipinski definition) is 6. The van der Waals surface area contributed by atoms with Gasteiger partial charge in [0, 0.05) is 12.3 Å². The van der Waals surface area contributed by atoms with E-state index in [1.807, 2.05) is 18.2 Å². The lowest BCUT2D eigenvalue weighted by atomic mass is 10.2. The molecule has 1 aromatic heterocycles. The van der Waals surface area contributed by atoms with E-state index in [-0.39, 0.29) is 5.91 Å². The number of aromatic nitrogens is 2. The Balaban J connectivity index is 1.40. The van der Waals surface area contributed by atoms with Crippen LogP contribution in [-0.2, 0) is 4.79 Å². The maximum Gasteiger partial charge on any atom is 0.234 e. The smallest absolute Gasteiger partial charge is 0.234 e. The molecule has 1 aliphatic heterocycles. The normalized spacial score (nSPS) is 16.3. The Bertz CT molecular complexity index is 638. The molecule has 5 nitrogen and oxygen atoms in total. The van der Waals surface area contributed by atoms with Gasteiger partial charge in [0.2, 0.25) is 5.91 Å². The van der Waals surface area contributed by atoms with Crippen molar-refractivity contribution in [3.05, 3.63) is 18.2 Å². The Labute approximate surface area is 145 Å². The molecule has 0 aliphatic carbocycles. The highest BCUT2D eigenvalue weighted by Gasteiger charge is 2.10. The zero-order chi connectivity index (χ0) is 15.9.